The molecule has 9 heteroatoms. The van der Waals surface area contributed by atoms with E-state index in [1.807, 2.05) is 27.2 Å². The molecule has 0 aromatic rings. The van der Waals surface area contributed by atoms with Crippen LogP contribution in [0.5, 0.6) is 0 Å². The summed E-state index contributed by atoms with van der Waals surface area (Å²) in [5, 5.41) is 14.0. The molecular formula is C70H128N2O6P+. The number of hydrogen-bond acceptors (Lipinski definition) is 5. The van der Waals surface area contributed by atoms with Crippen LogP contribution in [-0.2, 0) is 18.4 Å². The standard InChI is InChI=1S/C70H127N2O6P/c1-6-8-10-12-14-16-18-20-22-24-26-28-30-32-33-34-35-36-37-38-40-41-43-45-47-49-51-53-55-57-59-61-63-69(73)68(67-78-79(75,76)77-66-65-72(3,4)5)71-70(74)64-62-60-58-56-54-52-50-48-46-44-42-39-31-29-27-25-23-21-19-17-15-13-11-9-7-2/h9,11,15,17,21,23,27,29,39,42,46,48,53,55,61,63,68-69,73H,6-8,10,12-14,16,18-20,22,24-26,28,30-38,40-41,43-45,47,49-52,54,56-60,62,64-67H2,1-5H3,(H-,71,74,75,76)/p+1/b11-9-,17-15-,23-21-,29-27-,42-39-,48-46-,55-53+,63-61+. The number of carbonyl (C=O) groups is 1. The van der Waals surface area contributed by atoms with Crippen LogP contribution in [0.25, 0.3) is 0 Å². The van der Waals surface area contributed by atoms with E-state index in [1.165, 1.54) is 180 Å². The van der Waals surface area contributed by atoms with Gasteiger partial charge < -0.3 is 19.8 Å². The van der Waals surface area contributed by atoms with Crippen molar-refractivity contribution < 1.29 is 32.9 Å². The maximum absolute atomic E-state index is 13.0. The molecule has 3 unspecified atom stereocenters. The van der Waals surface area contributed by atoms with Crippen molar-refractivity contribution in [1.82, 2.24) is 5.32 Å². The number of hydrogen-bond donors (Lipinski definition) is 3. The molecule has 79 heavy (non-hydrogen) atoms. The molecule has 0 aliphatic heterocycles. The predicted octanol–water partition coefficient (Wildman–Crippen LogP) is 20.9. The highest BCUT2D eigenvalue weighted by Gasteiger charge is 2.27. The zero-order valence-corrected chi connectivity index (χ0v) is 53.2. The minimum Gasteiger partial charge on any atom is -0.387 e. The molecule has 0 heterocycles. The summed E-state index contributed by atoms with van der Waals surface area (Å²) >= 11 is 0. The first-order valence-corrected chi connectivity index (χ1v) is 34.6. The van der Waals surface area contributed by atoms with Crippen LogP contribution in [0.4, 0.5) is 0 Å². The second kappa shape index (κ2) is 60.0. The van der Waals surface area contributed by atoms with Crippen molar-refractivity contribution in [3.05, 3.63) is 97.2 Å². The van der Waals surface area contributed by atoms with Crippen molar-refractivity contribution in [2.24, 2.45) is 0 Å². The third kappa shape index (κ3) is 62.9. The lowest BCUT2D eigenvalue weighted by Crippen LogP contribution is -2.45. The fourth-order valence-corrected chi connectivity index (χ4v) is 10.2. The summed E-state index contributed by atoms with van der Waals surface area (Å²) in [7, 11) is 1.54. The van der Waals surface area contributed by atoms with Gasteiger partial charge in [-0.25, -0.2) is 4.57 Å². The van der Waals surface area contributed by atoms with Crippen LogP contribution in [0.15, 0.2) is 97.2 Å². The Hall–Kier alpha value is -2.58. The number of quaternary nitrogens is 1. The molecule has 0 saturated carbocycles. The maximum atomic E-state index is 13.0. The number of carbonyl (C=O) groups excluding carboxylic acids is 1. The highest BCUT2D eigenvalue weighted by Crippen LogP contribution is 2.43. The number of allylic oxidation sites excluding steroid dienone is 15. The number of amides is 1. The summed E-state index contributed by atoms with van der Waals surface area (Å²) in [5.41, 5.74) is 0. The SMILES string of the molecule is CC/C=C\C/C=C\C/C=C\C/C=C\C/C=C\C/C=C\CCCCCCCCC(=O)NC(COP(=O)(O)OCC[N+](C)(C)C)C(O)/C=C/CC/C=C/CCCCCCCCCCCCCCCCCCCCCCCCCCCC. The van der Waals surface area contributed by atoms with Crippen LogP contribution in [0.3, 0.4) is 0 Å². The number of unbranched alkanes of at least 4 members (excludes halogenated alkanes) is 33. The van der Waals surface area contributed by atoms with Gasteiger partial charge in [0.25, 0.3) is 0 Å². The number of phosphoric acid groups is 1. The molecular weight excluding hydrogens is 996 g/mol. The smallest absolute Gasteiger partial charge is 0.387 e. The molecule has 0 aromatic heterocycles. The second-order valence-corrected chi connectivity index (χ2v) is 24.9. The fraction of sp³-hybridized carbons (Fsp3) is 0.757. The lowest BCUT2D eigenvalue weighted by molar-refractivity contribution is -0.870. The van der Waals surface area contributed by atoms with E-state index < -0.39 is 20.0 Å². The molecule has 0 bridgehead atoms. The Labute approximate surface area is 489 Å². The van der Waals surface area contributed by atoms with Gasteiger partial charge in [-0.3, -0.25) is 13.8 Å². The number of phosphoric ester groups is 1. The molecule has 458 valence electrons. The summed E-state index contributed by atoms with van der Waals surface area (Å²) in [4.78, 5) is 23.4. The van der Waals surface area contributed by atoms with Gasteiger partial charge in [-0.05, 0) is 83.5 Å². The molecule has 0 rings (SSSR count). The molecule has 3 atom stereocenters. The number of aliphatic hydroxyl groups is 1. The van der Waals surface area contributed by atoms with Gasteiger partial charge in [-0.15, -0.1) is 0 Å². The summed E-state index contributed by atoms with van der Waals surface area (Å²) in [6, 6.07) is -0.880. The van der Waals surface area contributed by atoms with Crippen LogP contribution in [0, 0.1) is 0 Å². The number of aliphatic hydroxyl groups excluding tert-OH is 1. The third-order valence-corrected chi connectivity index (χ3v) is 15.5. The van der Waals surface area contributed by atoms with E-state index in [1.54, 1.807) is 6.08 Å². The zero-order chi connectivity index (χ0) is 57.7. The van der Waals surface area contributed by atoms with Crippen molar-refractivity contribution in [2.45, 2.75) is 302 Å². The van der Waals surface area contributed by atoms with Gasteiger partial charge in [0.2, 0.25) is 5.91 Å². The van der Waals surface area contributed by atoms with Gasteiger partial charge in [-0.1, -0.05) is 297 Å². The number of nitrogens with zero attached hydrogens (tertiary/aromatic N) is 1. The Kier molecular flexibility index (Phi) is 58.1. The van der Waals surface area contributed by atoms with Gasteiger partial charge in [0, 0.05) is 6.42 Å². The molecule has 3 N–H and O–H groups in total. The Morgan fingerprint density at radius 2 is 0.772 bits per heavy atom. The lowest BCUT2D eigenvalue weighted by Gasteiger charge is -2.25. The largest absolute Gasteiger partial charge is 0.472 e. The Balaban J connectivity index is 4.19. The van der Waals surface area contributed by atoms with Crippen molar-refractivity contribution >= 4 is 13.7 Å². The van der Waals surface area contributed by atoms with Crippen molar-refractivity contribution in [1.29, 1.82) is 0 Å². The van der Waals surface area contributed by atoms with Crippen molar-refractivity contribution in [3.8, 4) is 0 Å². The first-order chi connectivity index (χ1) is 38.5. The highest BCUT2D eigenvalue weighted by molar-refractivity contribution is 7.47. The average molecular weight is 1120 g/mol. The number of nitrogens with one attached hydrogen (secondary N) is 1. The van der Waals surface area contributed by atoms with E-state index >= 15 is 0 Å². The Bertz CT molecular complexity index is 1610. The van der Waals surface area contributed by atoms with Gasteiger partial charge in [-0.2, -0.15) is 0 Å². The van der Waals surface area contributed by atoms with Crippen LogP contribution >= 0.6 is 7.82 Å². The van der Waals surface area contributed by atoms with E-state index in [2.05, 4.69) is 104 Å². The van der Waals surface area contributed by atoms with Crippen molar-refractivity contribution in [3.63, 3.8) is 0 Å². The summed E-state index contributed by atoms with van der Waals surface area (Å²) in [5.74, 6) is -0.202. The Morgan fingerprint density at radius 1 is 0.443 bits per heavy atom. The average Bonchev–Trinajstić information content (AvgIpc) is 3.42. The van der Waals surface area contributed by atoms with Gasteiger partial charge in [0.1, 0.15) is 13.2 Å². The Morgan fingerprint density at radius 3 is 1.16 bits per heavy atom. The normalized spacial score (nSPS) is 14.4. The summed E-state index contributed by atoms with van der Waals surface area (Å²) in [6.45, 7) is 4.69. The molecule has 0 saturated heterocycles. The summed E-state index contributed by atoms with van der Waals surface area (Å²) < 4.78 is 23.8. The fourth-order valence-electron chi connectivity index (χ4n) is 9.42. The molecule has 0 fully saturated rings. The van der Waals surface area contributed by atoms with Crippen LogP contribution in [-0.4, -0.2) is 73.4 Å². The van der Waals surface area contributed by atoms with E-state index in [4.69, 9.17) is 9.05 Å². The van der Waals surface area contributed by atoms with E-state index in [0.717, 1.165) is 89.9 Å². The lowest BCUT2D eigenvalue weighted by atomic mass is 10.0. The molecule has 0 aromatic carbocycles. The van der Waals surface area contributed by atoms with Gasteiger partial charge in [0.05, 0.1) is 39.9 Å². The monoisotopic (exact) mass is 1120 g/mol. The molecule has 0 radical (unpaired) electrons. The maximum Gasteiger partial charge on any atom is 0.472 e. The van der Waals surface area contributed by atoms with Gasteiger partial charge >= 0.3 is 7.82 Å². The topological polar surface area (TPSA) is 105 Å². The van der Waals surface area contributed by atoms with E-state index in [0.29, 0.717) is 17.4 Å². The second-order valence-electron chi connectivity index (χ2n) is 23.5. The molecule has 0 aliphatic rings. The number of likely N-dealkylation sites (N-methyl/N-ethyl adjacent to an activating group) is 1. The number of rotatable bonds is 60. The summed E-state index contributed by atoms with van der Waals surface area (Å²) in [6.07, 6.45) is 86.9. The van der Waals surface area contributed by atoms with E-state index in [9.17, 15) is 19.4 Å². The van der Waals surface area contributed by atoms with Crippen LogP contribution < -0.4 is 5.32 Å². The molecule has 1 amide bonds. The molecule has 0 spiro atoms. The quantitative estimate of drug-likeness (QED) is 0.0243. The van der Waals surface area contributed by atoms with Gasteiger partial charge in [0.15, 0.2) is 0 Å². The third-order valence-electron chi connectivity index (χ3n) is 14.5. The highest BCUT2D eigenvalue weighted by atomic mass is 31.2. The van der Waals surface area contributed by atoms with E-state index in [-0.39, 0.29) is 19.1 Å². The minimum atomic E-state index is -4.37. The molecule has 0 aliphatic carbocycles. The first-order valence-electron chi connectivity index (χ1n) is 33.1. The minimum absolute atomic E-state index is 0.0481. The van der Waals surface area contributed by atoms with Crippen LogP contribution in [0.1, 0.15) is 290 Å². The first kappa shape index (κ1) is 76.4. The predicted molar refractivity (Wildman–Crippen MR) is 346 cm³/mol. The van der Waals surface area contributed by atoms with Crippen molar-refractivity contribution in [2.75, 3.05) is 40.9 Å². The zero-order valence-electron chi connectivity index (χ0n) is 52.3. The molecule has 8 nitrogen and oxygen atoms in total. The van der Waals surface area contributed by atoms with Crippen LogP contribution in [0.2, 0.25) is 0 Å².